The third-order valence-corrected chi connectivity index (χ3v) is 6.11. The Morgan fingerprint density at radius 2 is 1.45 bits per heavy atom. The number of rotatable bonds is 5. The van der Waals surface area contributed by atoms with Crippen LogP contribution in [0.4, 0.5) is 8.78 Å². The van der Waals surface area contributed by atoms with Gasteiger partial charge in [-0.05, 0) is 54.8 Å². The molecule has 2 aromatic carbocycles. The number of β-amino-alcohol motifs (C(OH)–C–C–N with tert-alkyl or cyclic N) is 1. The fourth-order valence-corrected chi connectivity index (χ4v) is 4.59. The Labute approximate surface area is 171 Å². The van der Waals surface area contributed by atoms with E-state index in [4.69, 9.17) is 0 Å². The summed E-state index contributed by atoms with van der Waals surface area (Å²) in [7, 11) is 0. The summed E-state index contributed by atoms with van der Waals surface area (Å²) in [5.74, 6) is -0.517. The monoisotopic (exact) mass is 401 g/mol. The first-order valence-corrected chi connectivity index (χ1v) is 10.4. The minimum absolute atomic E-state index is 0.0437. The van der Waals surface area contributed by atoms with E-state index >= 15 is 0 Å². The van der Waals surface area contributed by atoms with E-state index in [9.17, 15) is 13.9 Å². The number of nitrogens with zero attached hydrogens (tertiary/aromatic N) is 2. The first kappa shape index (κ1) is 20.4. The molecule has 0 aromatic heterocycles. The molecule has 6 heteroatoms. The van der Waals surface area contributed by atoms with E-state index in [0.717, 1.165) is 56.7 Å². The first-order chi connectivity index (χ1) is 14.0. The van der Waals surface area contributed by atoms with Crippen molar-refractivity contribution < 1.29 is 13.9 Å². The molecule has 2 N–H and O–H groups in total. The van der Waals surface area contributed by atoms with Crippen molar-refractivity contribution in [2.24, 2.45) is 0 Å². The highest BCUT2D eigenvalue weighted by molar-refractivity contribution is 5.32. The van der Waals surface area contributed by atoms with Gasteiger partial charge in [0.25, 0.3) is 0 Å². The van der Waals surface area contributed by atoms with Gasteiger partial charge in [0.2, 0.25) is 0 Å². The quantitative estimate of drug-likeness (QED) is 0.808. The van der Waals surface area contributed by atoms with Gasteiger partial charge < -0.3 is 10.4 Å². The normalized spacial score (nSPS) is 24.1. The maximum atomic E-state index is 13.5. The highest BCUT2D eigenvalue weighted by atomic mass is 19.1. The van der Waals surface area contributed by atoms with Crippen LogP contribution in [0.5, 0.6) is 0 Å². The lowest BCUT2D eigenvalue weighted by Gasteiger charge is -2.43. The van der Waals surface area contributed by atoms with Gasteiger partial charge in [-0.3, -0.25) is 9.80 Å². The third kappa shape index (κ3) is 5.01. The highest BCUT2D eigenvalue weighted by Gasteiger charge is 2.33. The lowest BCUT2D eigenvalue weighted by atomic mass is 9.93. The molecule has 2 aromatic rings. The molecule has 156 valence electrons. The van der Waals surface area contributed by atoms with Crippen molar-refractivity contribution in [1.82, 2.24) is 15.1 Å². The van der Waals surface area contributed by atoms with Crippen LogP contribution in [-0.2, 0) is 0 Å². The van der Waals surface area contributed by atoms with Crippen LogP contribution in [0, 0.1) is 11.6 Å². The molecule has 29 heavy (non-hydrogen) atoms. The van der Waals surface area contributed by atoms with Crippen LogP contribution in [-0.4, -0.2) is 66.3 Å². The number of halogens is 2. The Bertz CT molecular complexity index is 737. The molecule has 2 heterocycles. The molecule has 2 fully saturated rings. The zero-order chi connectivity index (χ0) is 20.3. The van der Waals surface area contributed by atoms with E-state index in [1.54, 1.807) is 0 Å². The van der Waals surface area contributed by atoms with E-state index in [-0.39, 0.29) is 17.7 Å². The molecule has 0 bridgehead atoms. The first-order valence-electron chi connectivity index (χ1n) is 10.4. The van der Waals surface area contributed by atoms with Gasteiger partial charge in [0.1, 0.15) is 11.6 Å². The van der Waals surface area contributed by atoms with Crippen molar-refractivity contribution in [3.63, 3.8) is 0 Å². The number of hydrogen-bond acceptors (Lipinski definition) is 4. The Balaban J connectivity index is 1.47. The smallest absolute Gasteiger partial charge is 0.123 e. The summed E-state index contributed by atoms with van der Waals surface area (Å²) < 4.78 is 26.9. The molecule has 4 nitrogen and oxygen atoms in total. The van der Waals surface area contributed by atoms with E-state index in [1.807, 2.05) is 24.3 Å². The average Bonchev–Trinajstić information content (AvgIpc) is 2.72. The summed E-state index contributed by atoms with van der Waals surface area (Å²) in [4.78, 5) is 4.69. The minimum Gasteiger partial charge on any atom is -0.387 e. The fraction of sp³-hybridized carbons (Fsp3) is 0.478. The minimum atomic E-state index is -0.645. The second-order valence-electron chi connectivity index (χ2n) is 8.32. The molecule has 1 unspecified atom stereocenters. The number of hydrogen-bond donors (Lipinski definition) is 2. The topological polar surface area (TPSA) is 38.7 Å². The molecule has 0 aliphatic carbocycles. The van der Waals surface area contributed by atoms with Gasteiger partial charge in [-0.15, -0.1) is 0 Å². The largest absolute Gasteiger partial charge is 0.387 e. The number of nitrogens with one attached hydrogen (secondary N) is 1. The van der Waals surface area contributed by atoms with Crippen molar-refractivity contribution >= 4 is 0 Å². The van der Waals surface area contributed by atoms with Crippen molar-refractivity contribution in [2.45, 2.75) is 24.5 Å². The van der Waals surface area contributed by atoms with Crippen LogP contribution in [0.3, 0.4) is 0 Å². The summed E-state index contributed by atoms with van der Waals surface area (Å²) in [6.07, 6.45) is 1.85. The number of aliphatic hydroxyl groups is 1. The predicted octanol–water partition coefficient (Wildman–Crippen LogP) is 2.79. The van der Waals surface area contributed by atoms with Gasteiger partial charge in [-0.1, -0.05) is 24.3 Å². The standard InChI is InChI=1S/C23H29F2N3O/c24-20-6-2-18(3-7-20)22(19-4-8-21(25)9-5-19)28-14-12-27(13-15-28)17-23(29)10-1-11-26-16-23/h2-9,22,26,29H,1,10-17H2. The number of benzene rings is 2. The molecule has 0 saturated carbocycles. The Morgan fingerprint density at radius 1 is 0.897 bits per heavy atom. The lowest BCUT2D eigenvalue weighted by molar-refractivity contribution is -0.0278. The van der Waals surface area contributed by atoms with E-state index in [2.05, 4.69) is 15.1 Å². The SMILES string of the molecule is OC1(CN2CCN(C(c3ccc(F)cc3)c3ccc(F)cc3)CC2)CCCNC1. The van der Waals surface area contributed by atoms with E-state index in [0.29, 0.717) is 13.1 Å². The van der Waals surface area contributed by atoms with Crippen LogP contribution >= 0.6 is 0 Å². The van der Waals surface area contributed by atoms with Crippen molar-refractivity contribution in [1.29, 1.82) is 0 Å². The fourth-order valence-electron chi connectivity index (χ4n) is 4.59. The van der Waals surface area contributed by atoms with Gasteiger partial charge in [-0.2, -0.15) is 0 Å². The molecule has 0 spiro atoms. The summed E-state index contributed by atoms with van der Waals surface area (Å²) in [6, 6.07) is 13.1. The zero-order valence-electron chi connectivity index (χ0n) is 16.7. The maximum Gasteiger partial charge on any atom is 0.123 e. The van der Waals surface area contributed by atoms with Gasteiger partial charge in [0.15, 0.2) is 0 Å². The second-order valence-corrected chi connectivity index (χ2v) is 8.32. The second kappa shape index (κ2) is 8.88. The van der Waals surface area contributed by atoms with Crippen LogP contribution in [0.15, 0.2) is 48.5 Å². The zero-order valence-corrected chi connectivity index (χ0v) is 16.7. The molecular weight excluding hydrogens is 372 g/mol. The Hall–Kier alpha value is -1.86. The molecule has 2 aliphatic rings. The van der Waals surface area contributed by atoms with Crippen LogP contribution in [0.2, 0.25) is 0 Å². The van der Waals surface area contributed by atoms with E-state index in [1.165, 1.54) is 24.3 Å². The van der Waals surface area contributed by atoms with Gasteiger partial charge in [-0.25, -0.2) is 8.78 Å². The summed E-state index contributed by atoms with van der Waals surface area (Å²) >= 11 is 0. The number of piperidine rings is 1. The van der Waals surface area contributed by atoms with Crippen molar-refractivity contribution in [2.75, 3.05) is 45.8 Å². The average molecular weight is 402 g/mol. The van der Waals surface area contributed by atoms with Gasteiger partial charge >= 0.3 is 0 Å². The Kier molecular flexibility index (Phi) is 6.25. The molecular formula is C23H29F2N3O. The summed E-state index contributed by atoms with van der Waals surface area (Å²) in [5, 5.41) is 14.1. The molecule has 2 aliphatic heterocycles. The molecule has 2 saturated heterocycles. The molecule has 0 radical (unpaired) electrons. The molecule has 4 rings (SSSR count). The third-order valence-electron chi connectivity index (χ3n) is 6.11. The predicted molar refractivity (Wildman–Crippen MR) is 110 cm³/mol. The highest BCUT2D eigenvalue weighted by Crippen LogP contribution is 2.30. The Morgan fingerprint density at radius 3 is 1.93 bits per heavy atom. The molecule has 1 atom stereocenters. The summed E-state index contributed by atoms with van der Waals surface area (Å²) in [6.45, 7) is 5.72. The summed E-state index contributed by atoms with van der Waals surface area (Å²) in [5.41, 5.74) is 1.36. The van der Waals surface area contributed by atoms with Crippen LogP contribution in [0.25, 0.3) is 0 Å². The van der Waals surface area contributed by atoms with Crippen LogP contribution < -0.4 is 5.32 Å². The lowest BCUT2D eigenvalue weighted by Crippen LogP contribution is -2.57. The van der Waals surface area contributed by atoms with Crippen LogP contribution in [0.1, 0.15) is 30.0 Å². The van der Waals surface area contributed by atoms with Crippen molar-refractivity contribution in [3.8, 4) is 0 Å². The van der Waals surface area contributed by atoms with Gasteiger partial charge in [0, 0.05) is 39.3 Å². The van der Waals surface area contributed by atoms with Crippen molar-refractivity contribution in [3.05, 3.63) is 71.3 Å². The number of piperazine rings is 1. The maximum absolute atomic E-state index is 13.5. The van der Waals surface area contributed by atoms with E-state index < -0.39 is 5.60 Å². The molecule has 0 amide bonds. The van der Waals surface area contributed by atoms with Gasteiger partial charge in [0.05, 0.1) is 11.6 Å².